The molecular weight excluding hydrogens is 336 g/mol. The fourth-order valence-corrected chi connectivity index (χ4v) is 14.4. The maximum absolute atomic E-state index is 13.4. The number of epoxide rings is 1. The molecule has 3 heteroatoms. The lowest BCUT2D eigenvalue weighted by molar-refractivity contribution is -0.160. The average Bonchev–Trinajstić information content (AvgIpc) is 3.21. The van der Waals surface area contributed by atoms with Gasteiger partial charge < -0.3 is 9.47 Å². The molecule has 144 valence electrons. The predicted octanol–water partition coefficient (Wildman–Crippen LogP) is 3.52. The lowest BCUT2D eigenvalue weighted by atomic mass is 9.60. The van der Waals surface area contributed by atoms with Crippen molar-refractivity contribution in [1.29, 1.82) is 0 Å². The standard InChI is InChI=1S/C24H30O3/c1-20-7-5-9-13-11-12-14(21(13,2)19(25)26-4)10-6-8-23-16(10)18(12)22(3,17(11)15(9)20)24(20,23)27-23/h9-18H,5-8H2,1-4H3/t9-,10+,11+,12-,13+,14-,15+,16+,17-,18-,20-,21+,22+,23-,24-/m1/s1. The summed E-state index contributed by atoms with van der Waals surface area (Å²) in [6, 6.07) is 0. The normalized spacial score (nSPS) is 81.5. The molecular formula is C24H30O3. The van der Waals surface area contributed by atoms with Crippen LogP contribution in [0.25, 0.3) is 0 Å². The Bertz CT molecular complexity index is 898. The van der Waals surface area contributed by atoms with Crippen molar-refractivity contribution in [1.82, 2.24) is 0 Å². The molecule has 0 aromatic rings. The number of esters is 1. The Labute approximate surface area is 160 Å². The van der Waals surface area contributed by atoms with Crippen molar-refractivity contribution in [2.75, 3.05) is 7.11 Å². The fourth-order valence-electron chi connectivity index (χ4n) is 14.4. The second-order valence-electron chi connectivity index (χ2n) is 12.9. The van der Waals surface area contributed by atoms with Crippen molar-refractivity contribution >= 4 is 5.97 Å². The molecule has 15 atom stereocenters. The summed E-state index contributed by atoms with van der Waals surface area (Å²) in [5.74, 6) is 7.59. The van der Waals surface area contributed by atoms with Crippen molar-refractivity contribution < 1.29 is 14.3 Å². The van der Waals surface area contributed by atoms with E-state index < -0.39 is 0 Å². The van der Waals surface area contributed by atoms with Gasteiger partial charge in [-0.1, -0.05) is 13.8 Å². The number of ether oxygens (including phenoxy) is 2. The van der Waals surface area contributed by atoms with Crippen LogP contribution < -0.4 is 0 Å². The molecule has 0 unspecified atom stereocenters. The van der Waals surface area contributed by atoms with Crippen LogP contribution in [0.3, 0.4) is 0 Å². The van der Waals surface area contributed by atoms with Gasteiger partial charge in [0.2, 0.25) is 0 Å². The maximum Gasteiger partial charge on any atom is 0.312 e. The Morgan fingerprint density at radius 2 is 1.52 bits per heavy atom. The van der Waals surface area contributed by atoms with Crippen molar-refractivity contribution in [3.8, 4) is 0 Å². The molecule has 0 radical (unpaired) electrons. The zero-order valence-corrected chi connectivity index (χ0v) is 16.8. The van der Waals surface area contributed by atoms with Crippen LogP contribution in [0.4, 0.5) is 0 Å². The van der Waals surface area contributed by atoms with Crippen LogP contribution in [-0.2, 0) is 14.3 Å². The van der Waals surface area contributed by atoms with Crippen molar-refractivity contribution in [2.24, 2.45) is 75.4 Å². The first-order chi connectivity index (χ1) is 12.9. The lowest BCUT2D eigenvalue weighted by Gasteiger charge is -2.41. The highest BCUT2D eigenvalue weighted by atomic mass is 16.6. The largest absolute Gasteiger partial charge is 0.469 e. The van der Waals surface area contributed by atoms with Gasteiger partial charge in [-0.3, -0.25) is 4.79 Å². The van der Waals surface area contributed by atoms with Crippen LogP contribution in [0.1, 0.15) is 46.5 Å². The third kappa shape index (κ3) is 0.821. The smallest absolute Gasteiger partial charge is 0.312 e. The Balaban J connectivity index is 1.43. The first-order valence-corrected chi connectivity index (χ1v) is 11.6. The molecule has 9 aliphatic rings. The zero-order chi connectivity index (χ0) is 18.1. The highest BCUT2D eigenvalue weighted by Gasteiger charge is 3.06. The van der Waals surface area contributed by atoms with Gasteiger partial charge in [-0.15, -0.1) is 0 Å². The Kier molecular flexibility index (Phi) is 1.73. The first kappa shape index (κ1) is 14.4. The molecule has 0 aromatic heterocycles. The second-order valence-corrected chi connectivity index (χ2v) is 12.9. The summed E-state index contributed by atoms with van der Waals surface area (Å²) in [5, 5.41) is 0. The topological polar surface area (TPSA) is 38.8 Å². The summed E-state index contributed by atoms with van der Waals surface area (Å²) in [4.78, 5) is 13.4. The molecule has 0 bridgehead atoms. The van der Waals surface area contributed by atoms with Crippen molar-refractivity contribution in [3.63, 3.8) is 0 Å². The summed E-state index contributed by atoms with van der Waals surface area (Å²) in [7, 11) is 1.64. The van der Waals surface area contributed by atoms with Crippen LogP contribution in [0.2, 0.25) is 0 Å². The van der Waals surface area contributed by atoms with Gasteiger partial charge in [-0.25, -0.2) is 0 Å². The van der Waals surface area contributed by atoms with E-state index in [2.05, 4.69) is 20.8 Å². The van der Waals surface area contributed by atoms with Gasteiger partial charge in [0.1, 0.15) is 11.2 Å². The van der Waals surface area contributed by atoms with Crippen LogP contribution in [0.5, 0.6) is 0 Å². The lowest BCUT2D eigenvalue weighted by Crippen LogP contribution is -2.48. The molecule has 27 heavy (non-hydrogen) atoms. The highest BCUT2D eigenvalue weighted by Crippen LogP contribution is 3.02. The monoisotopic (exact) mass is 366 g/mol. The molecule has 0 amide bonds. The molecule has 9 rings (SSSR count). The number of carbonyl (C=O) groups excluding carboxylic acids is 1. The van der Waals surface area contributed by atoms with Gasteiger partial charge in [-0.05, 0) is 91.8 Å². The predicted molar refractivity (Wildman–Crippen MR) is 96.3 cm³/mol. The number of methoxy groups -OCH3 is 1. The van der Waals surface area contributed by atoms with Gasteiger partial charge >= 0.3 is 5.97 Å². The molecule has 1 saturated heterocycles. The average molecular weight is 367 g/mol. The van der Waals surface area contributed by atoms with E-state index in [1.54, 1.807) is 7.11 Å². The van der Waals surface area contributed by atoms with Crippen LogP contribution >= 0.6 is 0 Å². The molecule has 0 N–H and O–H groups in total. The number of hydrogen-bond acceptors (Lipinski definition) is 3. The SMILES string of the molecule is COC(=O)[C@]1(C)[C@@H]2[C@@H]3CC[C@]45O[C@]46[C@@]4(C)[C@@H]7[C@@H]([C@H]2[C@@H]4[C@H]35)[C@@H]1[C@H]1CC[C@]6(C)[C@@H]17. The summed E-state index contributed by atoms with van der Waals surface area (Å²) < 4.78 is 12.7. The second kappa shape index (κ2) is 3.24. The van der Waals surface area contributed by atoms with E-state index in [4.69, 9.17) is 9.47 Å². The van der Waals surface area contributed by atoms with E-state index in [1.165, 1.54) is 25.7 Å². The molecule has 3 nitrogen and oxygen atoms in total. The molecule has 9 fully saturated rings. The van der Waals surface area contributed by atoms with E-state index in [0.29, 0.717) is 22.7 Å². The summed E-state index contributed by atoms with van der Waals surface area (Å²) in [6.07, 6.45) is 5.27. The van der Waals surface area contributed by atoms with Crippen molar-refractivity contribution in [2.45, 2.75) is 57.7 Å². The highest BCUT2D eigenvalue weighted by molar-refractivity contribution is 5.79. The Morgan fingerprint density at radius 3 is 2.22 bits per heavy atom. The number of fused-ring (bicyclic) bond motifs is 2. The van der Waals surface area contributed by atoms with Crippen LogP contribution in [-0.4, -0.2) is 24.3 Å². The van der Waals surface area contributed by atoms with Crippen LogP contribution in [0.15, 0.2) is 0 Å². The maximum atomic E-state index is 13.4. The molecule has 1 heterocycles. The molecule has 1 aliphatic heterocycles. The zero-order valence-electron chi connectivity index (χ0n) is 16.8. The molecule has 8 saturated carbocycles. The van der Waals surface area contributed by atoms with Gasteiger partial charge in [0.05, 0.1) is 12.5 Å². The molecule has 8 aliphatic carbocycles. The third-order valence-corrected chi connectivity index (χ3v) is 13.7. The summed E-state index contributed by atoms with van der Waals surface area (Å²) >= 11 is 0. The van der Waals surface area contributed by atoms with Crippen molar-refractivity contribution in [3.05, 3.63) is 0 Å². The molecule has 2 spiro atoms. The van der Waals surface area contributed by atoms with E-state index in [1.807, 2.05) is 0 Å². The summed E-state index contributed by atoms with van der Waals surface area (Å²) in [5.41, 5.74) is 0.961. The van der Waals surface area contributed by atoms with Gasteiger partial charge in [0.15, 0.2) is 0 Å². The minimum atomic E-state index is -0.232. The summed E-state index contributed by atoms with van der Waals surface area (Å²) in [6.45, 7) is 7.67. The quantitative estimate of drug-likeness (QED) is 0.526. The van der Waals surface area contributed by atoms with E-state index in [9.17, 15) is 4.79 Å². The minimum absolute atomic E-state index is 0.131. The number of carbonyl (C=O) groups is 1. The minimum Gasteiger partial charge on any atom is -0.469 e. The van der Waals surface area contributed by atoms with E-state index in [-0.39, 0.29) is 22.6 Å². The third-order valence-electron chi connectivity index (χ3n) is 13.7. The van der Waals surface area contributed by atoms with E-state index in [0.717, 1.165) is 47.3 Å². The molecule has 0 aromatic carbocycles. The Morgan fingerprint density at radius 1 is 0.889 bits per heavy atom. The number of hydrogen-bond donors (Lipinski definition) is 0. The fraction of sp³-hybridized carbons (Fsp3) is 0.958. The van der Waals surface area contributed by atoms with Gasteiger partial charge in [-0.2, -0.15) is 0 Å². The van der Waals surface area contributed by atoms with Gasteiger partial charge in [0, 0.05) is 10.8 Å². The Hall–Kier alpha value is -0.570. The van der Waals surface area contributed by atoms with Gasteiger partial charge in [0.25, 0.3) is 0 Å². The number of rotatable bonds is 1. The first-order valence-electron chi connectivity index (χ1n) is 11.6. The van der Waals surface area contributed by atoms with Crippen LogP contribution in [0, 0.1) is 75.4 Å². The van der Waals surface area contributed by atoms with E-state index >= 15 is 0 Å².